The number of amides is 1. The maximum absolute atomic E-state index is 12.2. The first kappa shape index (κ1) is 16.7. The molecule has 5 heteroatoms. The summed E-state index contributed by atoms with van der Waals surface area (Å²) in [6, 6.07) is 7.65. The summed E-state index contributed by atoms with van der Waals surface area (Å²) in [4.78, 5) is 15.0. The number of carbonyl (C=O) groups excluding carboxylic acids is 1. The minimum Gasteiger partial charge on any atom is -0.391 e. The Labute approximate surface area is 135 Å². The zero-order chi connectivity index (χ0) is 15.2. The Balaban J connectivity index is 1.80. The number of rotatable bonds is 5. The Kier molecular flexibility index (Phi) is 6.40. The number of aliphatic hydroxyl groups is 1. The van der Waals surface area contributed by atoms with Crippen LogP contribution < -0.4 is 0 Å². The normalized spacial score (nSPS) is 22.0. The molecule has 2 rings (SSSR count). The zero-order valence-corrected chi connectivity index (χ0v) is 13.9. The van der Waals surface area contributed by atoms with E-state index in [0.29, 0.717) is 12.2 Å². The SMILES string of the molecule is CN(C(=O)CCSc1ccccc1Cl)C1CCCCC1O. The summed E-state index contributed by atoms with van der Waals surface area (Å²) in [6.45, 7) is 0. The first-order valence-electron chi connectivity index (χ1n) is 7.40. The van der Waals surface area contributed by atoms with Gasteiger partial charge in [0.1, 0.15) is 0 Å². The van der Waals surface area contributed by atoms with Crippen LogP contribution in [0, 0.1) is 0 Å². The highest BCUT2D eigenvalue weighted by Crippen LogP contribution is 2.28. The number of carbonyl (C=O) groups is 1. The Morgan fingerprint density at radius 1 is 1.38 bits per heavy atom. The van der Waals surface area contributed by atoms with Gasteiger partial charge >= 0.3 is 0 Å². The quantitative estimate of drug-likeness (QED) is 0.840. The number of nitrogens with zero attached hydrogens (tertiary/aromatic N) is 1. The largest absolute Gasteiger partial charge is 0.391 e. The first-order chi connectivity index (χ1) is 10.1. The predicted octanol–water partition coefficient (Wildman–Crippen LogP) is 3.58. The summed E-state index contributed by atoms with van der Waals surface area (Å²) in [7, 11) is 1.81. The van der Waals surface area contributed by atoms with Crippen LogP contribution in [0.15, 0.2) is 29.2 Å². The minimum atomic E-state index is -0.371. The lowest BCUT2D eigenvalue weighted by Gasteiger charge is -2.35. The van der Waals surface area contributed by atoms with E-state index in [2.05, 4.69) is 0 Å². The van der Waals surface area contributed by atoms with Crippen molar-refractivity contribution in [3.63, 3.8) is 0 Å². The van der Waals surface area contributed by atoms with Gasteiger partial charge in [0.25, 0.3) is 0 Å². The molecule has 0 bridgehead atoms. The van der Waals surface area contributed by atoms with E-state index in [1.54, 1.807) is 16.7 Å². The molecule has 1 N–H and O–H groups in total. The molecule has 1 saturated carbocycles. The van der Waals surface area contributed by atoms with Gasteiger partial charge in [-0.1, -0.05) is 36.6 Å². The third kappa shape index (κ3) is 4.63. The topological polar surface area (TPSA) is 40.5 Å². The van der Waals surface area contributed by atoms with Crippen LogP contribution in [-0.4, -0.2) is 40.9 Å². The van der Waals surface area contributed by atoms with Crippen LogP contribution in [0.5, 0.6) is 0 Å². The second kappa shape index (κ2) is 8.06. The van der Waals surface area contributed by atoms with Gasteiger partial charge < -0.3 is 10.0 Å². The summed E-state index contributed by atoms with van der Waals surface area (Å²) in [5, 5.41) is 10.7. The van der Waals surface area contributed by atoms with Crippen molar-refractivity contribution in [2.45, 2.75) is 49.1 Å². The second-order valence-corrected chi connectivity index (χ2v) is 7.00. The first-order valence-corrected chi connectivity index (χ1v) is 8.77. The molecule has 0 aromatic heterocycles. The van der Waals surface area contributed by atoms with Crippen LogP contribution in [0.3, 0.4) is 0 Å². The Morgan fingerprint density at radius 3 is 2.81 bits per heavy atom. The maximum atomic E-state index is 12.2. The molecule has 1 aliphatic rings. The molecule has 1 aliphatic carbocycles. The molecule has 1 amide bonds. The van der Waals surface area contributed by atoms with Crippen molar-refractivity contribution in [3.8, 4) is 0 Å². The van der Waals surface area contributed by atoms with E-state index in [1.807, 2.05) is 31.3 Å². The summed E-state index contributed by atoms with van der Waals surface area (Å²) in [6.07, 6.45) is 3.95. The van der Waals surface area contributed by atoms with E-state index in [9.17, 15) is 9.90 Å². The van der Waals surface area contributed by atoms with E-state index in [-0.39, 0.29) is 18.1 Å². The van der Waals surface area contributed by atoms with Crippen molar-refractivity contribution in [2.75, 3.05) is 12.8 Å². The number of thioether (sulfide) groups is 1. The molecule has 1 aromatic rings. The van der Waals surface area contributed by atoms with Gasteiger partial charge in [-0.25, -0.2) is 0 Å². The van der Waals surface area contributed by atoms with Crippen LogP contribution in [0.1, 0.15) is 32.1 Å². The number of aliphatic hydroxyl groups excluding tert-OH is 1. The molecule has 0 saturated heterocycles. The van der Waals surface area contributed by atoms with Crippen LogP contribution in [0.25, 0.3) is 0 Å². The highest BCUT2D eigenvalue weighted by atomic mass is 35.5. The van der Waals surface area contributed by atoms with Crippen molar-refractivity contribution in [2.24, 2.45) is 0 Å². The third-order valence-corrected chi connectivity index (χ3v) is 5.51. The Bertz CT molecular complexity index is 483. The van der Waals surface area contributed by atoms with Gasteiger partial charge in [-0.3, -0.25) is 4.79 Å². The van der Waals surface area contributed by atoms with E-state index in [1.165, 1.54) is 0 Å². The molecular weight excluding hydrogens is 306 g/mol. The third-order valence-electron chi connectivity index (χ3n) is 3.99. The summed E-state index contributed by atoms with van der Waals surface area (Å²) in [5.74, 6) is 0.802. The van der Waals surface area contributed by atoms with Crippen molar-refractivity contribution in [1.29, 1.82) is 0 Å². The molecule has 21 heavy (non-hydrogen) atoms. The molecule has 2 unspecified atom stereocenters. The fraction of sp³-hybridized carbons (Fsp3) is 0.562. The van der Waals surface area contributed by atoms with Gasteiger partial charge in [0, 0.05) is 24.1 Å². The summed E-state index contributed by atoms with van der Waals surface area (Å²) in [5.41, 5.74) is 0. The van der Waals surface area contributed by atoms with Crippen LogP contribution in [0.2, 0.25) is 5.02 Å². The lowest BCUT2D eigenvalue weighted by molar-refractivity contribution is -0.134. The average molecular weight is 328 g/mol. The van der Waals surface area contributed by atoms with Crippen molar-refractivity contribution >= 4 is 29.3 Å². The molecule has 0 radical (unpaired) electrons. The summed E-state index contributed by atoms with van der Waals surface area (Å²) < 4.78 is 0. The maximum Gasteiger partial charge on any atom is 0.223 e. The zero-order valence-electron chi connectivity index (χ0n) is 12.3. The monoisotopic (exact) mass is 327 g/mol. The highest BCUT2D eigenvalue weighted by Gasteiger charge is 2.28. The van der Waals surface area contributed by atoms with Gasteiger partial charge in [0.05, 0.1) is 17.2 Å². The van der Waals surface area contributed by atoms with Gasteiger partial charge in [0.15, 0.2) is 0 Å². The molecule has 0 aliphatic heterocycles. The molecule has 3 nitrogen and oxygen atoms in total. The summed E-state index contributed by atoms with van der Waals surface area (Å²) >= 11 is 7.69. The van der Waals surface area contributed by atoms with E-state index in [0.717, 1.165) is 35.6 Å². The van der Waals surface area contributed by atoms with Gasteiger partial charge in [0.2, 0.25) is 5.91 Å². The van der Waals surface area contributed by atoms with Crippen molar-refractivity contribution < 1.29 is 9.90 Å². The average Bonchev–Trinajstić information content (AvgIpc) is 2.49. The molecule has 1 aromatic carbocycles. The molecular formula is C16H22ClNO2S. The van der Waals surface area contributed by atoms with Crippen LogP contribution in [0.4, 0.5) is 0 Å². The molecule has 1 fully saturated rings. The molecule has 116 valence electrons. The lowest BCUT2D eigenvalue weighted by Crippen LogP contribution is -2.46. The van der Waals surface area contributed by atoms with E-state index >= 15 is 0 Å². The van der Waals surface area contributed by atoms with Crippen LogP contribution in [-0.2, 0) is 4.79 Å². The second-order valence-electron chi connectivity index (χ2n) is 5.45. The van der Waals surface area contributed by atoms with Crippen LogP contribution >= 0.6 is 23.4 Å². The van der Waals surface area contributed by atoms with E-state index in [4.69, 9.17) is 11.6 Å². The minimum absolute atomic E-state index is 0.0171. The van der Waals surface area contributed by atoms with Crippen molar-refractivity contribution in [1.82, 2.24) is 4.90 Å². The van der Waals surface area contributed by atoms with Gasteiger partial charge in [-0.05, 0) is 25.0 Å². The Hall–Kier alpha value is -0.710. The standard InChI is InChI=1S/C16H22ClNO2S/c1-18(13-7-3-4-8-14(13)19)16(20)10-11-21-15-9-5-2-6-12(15)17/h2,5-6,9,13-14,19H,3-4,7-8,10-11H2,1H3. The van der Waals surface area contributed by atoms with Gasteiger partial charge in [-0.15, -0.1) is 11.8 Å². The molecule has 0 spiro atoms. The molecule has 0 heterocycles. The number of halogens is 1. The van der Waals surface area contributed by atoms with Crippen molar-refractivity contribution in [3.05, 3.63) is 29.3 Å². The highest BCUT2D eigenvalue weighted by molar-refractivity contribution is 7.99. The predicted molar refractivity (Wildman–Crippen MR) is 87.8 cm³/mol. The fourth-order valence-electron chi connectivity index (χ4n) is 2.71. The van der Waals surface area contributed by atoms with Gasteiger partial charge in [-0.2, -0.15) is 0 Å². The molecule has 2 atom stereocenters. The number of hydrogen-bond donors (Lipinski definition) is 1. The number of benzene rings is 1. The lowest BCUT2D eigenvalue weighted by atomic mass is 9.91. The Morgan fingerprint density at radius 2 is 2.10 bits per heavy atom. The number of likely N-dealkylation sites (N-methyl/N-ethyl adjacent to an activating group) is 1. The smallest absolute Gasteiger partial charge is 0.223 e. The van der Waals surface area contributed by atoms with E-state index < -0.39 is 0 Å². The number of hydrogen-bond acceptors (Lipinski definition) is 3. The fourth-order valence-corrected chi connectivity index (χ4v) is 3.89.